The summed E-state index contributed by atoms with van der Waals surface area (Å²) in [5.41, 5.74) is 2.78. The number of hydrogen-bond acceptors (Lipinski definition) is 3. The van der Waals surface area contributed by atoms with Crippen molar-refractivity contribution >= 4 is 5.91 Å². The molecule has 1 amide bonds. The van der Waals surface area contributed by atoms with Crippen molar-refractivity contribution in [2.24, 2.45) is 5.92 Å². The second-order valence-corrected chi connectivity index (χ2v) is 7.76. The minimum Gasteiger partial charge on any atom is -0.375 e. The molecule has 2 heterocycles. The number of aryl methyl sites for hydroxylation is 2. The molecule has 0 bridgehead atoms. The third kappa shape index (κ3) is 5.55. The topological polar surface area (TPSA) is 32.8 Å². The standard InChI is InChI=1S/C21H32N2O2/c1-17-3-5-19(6-4-17)7-8-20-9-11-22(12-10-20)16-21(24)23-13-14-25-18(2)15-23/h3-6,18,20H,7-16H2,1-2H3/t18-/m1/s1. The van der Waals surface area contributed by atoms with Gasteiger partial charge < -0.3 is 9.64 Å². The van der Waals surface area contributed by atoms with Gasteiger partial charge in [0.2, 0.25) is 5.91 Å². The van der Waals surface area contributed by atoms with Gasteiger partial charge in [0, 0.05) is 13.1 Å². The number of ether oxygens (including phenoxy) is 1. The van der Waals surface area contributed by atoms with Gasteiger partial charge in [0.25, 0.3) is 0 Å². The first kappa shape index (κ1) is 18.4. The summed E-state index contributed by atoms with van der Waals surface area (Å²) in [5.74, 6) is 1.07. The largest absolute Gasteiger partial charge is 0.375 e. The Morgan fingerprint density at radius 3 is 2.56 bits per heavy atom. The average Bonchev–Trinajstić information content (AvgIpc) is 2.62. The Labute approximate surface area is 152 Å². The summed E-state index contributed by atoms with van der Waals surface area (Å²) in [6, 6.07) is 8.92. The predicted molar refractivity (Wildman–Crippen MR) is 101 cm³/mol. The van der Waals surface area contributed by atoms with Gasteiger partial charge in [-0.1, -0.05) is 29.8 Å². The second kappa shape index (κ2) is 8.81. The van der Waals surface area contributed by atoms with Crippen molar-refractivity contribution in [3.05, 3.63) is 35.4 Å². The maximum atomic E-state index is 12.5. The van der Waals surface area contributed by atoms with Crippen LogP contribution in [0, 0.1) is 12.8 Å². The number of morpholine rings is 1. The van der Waals surface area contributed by atoms with Gasteiger partial charge in [-0.25, -0.2) is 0 Å². The highest BCUT2D eigenvalue weighted by Gasteiger charge is 2.25. The van der Waals surface area contributed by atoms with E-state index in [1.165, 1.54) is 36.8 Å². The molecular weight excluding hydrogens is 312 g/mol. The Balaban J connectivity index is 1.36. The van der Waals surface area contributed by atoms with E-state index in [4.69, 9.17) is 4.74 Å². The monoisotopic (exact) mass is 344 g/mol. The van der Waals surface area contributed by atoms with E-state index in [-0.39, 0.29) is 12.0 Å². The van der Waals surface area contributed by atoms with Crippen LogP contribution >= 0.6 is 0 Å². The summed E-state index contributed by atoms with van der Waals surface area (Å²) in [4.78, 5) is 16.8. The molecule has 0 spiro atoms. The van der Waals surface area contributed by atoms with E-state index in [2.05, 4.69) is 36.1 Å². The fourth-order valence-corrected chi connectivity index (χ4v) is 3.90. The van der Waals surface area contributed by atoms with Gasteiger partial charge in [0.1, 0.15) is 0 Å². The molecule has 1 atom stereocenters. The first-order valence-corrected chi connectivity index (χ1v) is 9.77. The fraction of sp³-hybridized carbons (Fsp3) is 0.667. The van der Waals surface area contributed by atoms with Gasteiger partial charge in [-0.15, -0.1) is 0 Å². The number of carbonyl (C=O) groups excluding carboxylic acids is 1. The number of nitrogens with zero attached hydrogens (tertiary/aromatic N) is 2. The van der Waals surface area contributed by atoms with Gasteiger partial charge in [-0.05, 0) is 64.1 Å². The molecule has 0 saturated carbocycles. The van der Waals surface area contributed by atoms with E-state index >= 15 is 0 Å². The van der Waals surface area contributed by atoms with Crippen molar-refractivity contribution in [1.29, 1.82) is 0 Å². The van der Waals surface area contributed by atoms with Gasteiger partial charge in [-0.2, -0.15) is 0 Å². The van der Waals surface area contributed by atoms with Crippen molar-refractivity contribution in [3.8, 4) is 0 Å². The summed E-state index contributed by atoms with van der Waals surface area (Å²) < 4.78 is 5.52. The summed E-state index contributed by atoms with van der Waals surface area (Å²) in [5, 5.41) is 0. The Kier molecular flexibility index (Phi) is 6.49. The first-order chi connectivity index (χ1) is 12.1. The van der Waals surface area contributed by atoms with Gasteiger partial charge in [0.15, 0.2) is 0 Å². The van der Waals surface area contributed by atoms with Crippen molar-refractivity contribution in [3.63, 3.8) is 0 Å². The molecule has 1 aromatic carbocycles. The maximum Gasteiger partial charge on any atom is 0.236 e. The number of carbonyl (C=O) groups is 1. The lowest BCUT2D eigenvalue weighted by atomic mass is 9.90. The van der Waals surface area contributed by atoms with Crippen LogP contribution < -0.4 is 0 Å². The van der Waals surface area contributed by atoms with E-state index in [0.29, 0.717) is 13.2 Å². The zero-order chi connectivity index (χ0) is 17.6. The minimum absolute atomic E-state index is 0.171. The number of piperidine rings is 1. The van der Waals surface area contributed by atoms with Crippen molar-refractivity contribution in [2.45, 2.75) is 45.6 Å². The Morgan fingerprint density at radius 1 is 1.16 bits per heavy atom. The molecule has 0 aliphatic carbocycles. The normalized spacial score (nSPS) is 23.0. The smallest absolute Gasteiger partial charge is 0.236 e. The molecule has 0 unspecified atom stereocenters. The molecule has 2 saturated heterocycles. The highest BCUT2D eigenvalue weighted by molar-refractivity contribution is 5.78. The Hall–Kier alpha value is -1.39. The van der Waals surface area contributed by atoms with Gasteiger partial charge in [-0.3, -0.25) is 9.69 Å². The Morgan fingerprint density at radius 2 is 1.88 bits per heavy atom. The highest BCUT2D eigenvalue weighted by atomic mass is 16.5. The number of amides is 1. The van der Waals surface area contributed by atoms with Crippen LogP contribution in [0.4, 0.5) is 0 Å². The van der Waals surface area contributed by atoms with E-state index in [1.54, 1.807) is 0 Å². The fourth-order valence-electron chi connectivity index (χ4n) is 3.90. The van der Waals surface area contributed by atoms with Crippen LogP contribution in [-0.4, -0.2) is 61.1 Å². The minimum atomic E-state index is 0.171. The molecule has 2 fully saturated rings. The maximum absolute atomic E-state index is 12.5. The summed E-state index contributed by atoms with van der Waals surface area (Å²) in [6.45, 7) is 9.04. The van der Waals surface area contributed by atoms with Crippen LogP contribution in [0.5, 0.6) is 0 Å². The van der Waals surface area contributed by atoms with Crippen LogP contribution in [-0.2, 0) is 16.0 Å². The molecule has 138 valence electrons. The molecule has 1 aromatic rings. The van der Waals surface area contributed by atoms with Gasteiger partial charge >= 0.3 is 0 Å². The summed E-state index contributed by atoms with van der Waals surface area (Å²) in [6.07, 6.45) is 5.06. The van der Waals surface area contributed by atoms with Crippen molar-refractivity contribution < 1.29 is 9.53 Å². The van der Waals surface area contributed by atoms with Crippen molar-refractivity contribution in [2.75, 3.05) is 39.3 Å². The third-order valence-electron chi connectivity index (χ3n) is 5.62. The molecule has 4 nitrogen and oxygen atoms in total. The number of benzene rings is 1. The van der Waals surface area contributed by atoms with E-state index in [0.717, 1.165) is 32.1 Å². The van der Waals surface area contributed by atoms with Crippen LogP contribution in [0.2, 0.25) is 0 Å². The van der Waals surface area contributed by atoms with Gasteiger partial charge in [0.05, 0.1) is 19.3 Å². The van der Waals surface area contributed by atoms with E-state index in [9.17, 15) is 4.79 Å². The molecule has 2 aliphatic heterocycles. The molecule has 3 rings (SSSR count). The lowest BCUT2D eigenvalue weighted by Crippen LogP contribution is -2.49. The third-order valence-corrected chi connectivity index (χ3v) is 5.62. The van der Waals surface area contributed by atoms with E-state index < -0.39 is 0 Å². The molecule has 25 heavy (non-hydrogen) atoms. The predicted octanol–water partition coefficient (Wildman–Crippen LogP) is 2.89. The first-order valence-electron chi connectivity index (χ1n) is 9.77. The SMILES string of the molecule is Cc1ccc(CCC2CCN(CC(=O)N3CCO[C@H](C)C3)CC2)cc1. The van der Waals surface area contributed by atoms with Crippen LogP contribution in [0.25, 0.3) is 0 Å². The molecular formula is C21H32N2O2. The second-order valence-electron chi connectivity index (χ2n) is 7.76. The quantitative estimate of drug-likeness (QED) is 0.823. The number of hydrogen-bond donors (Lipinski definition) is 0. The number of rotatable bonds is 5. The zero-order valence-electron chi connectivity index (χ0n) is 15.7. The molecule has 0 N–H and O–H groups in total. The lowest BCUT2D eigenvalue weighted by Gasteiger charge is -2.35. The van der Waals surface area contributed by atoms with Crippen LogP contribution in [0.15, 0.2) is 24.3 Å². The van der Waals surface area contributed by atoms with Crippen LogP contribution in [0.3, 0.4) is 0 Å². The Bertz CT molecular complexity index is 550. The average molecular weight is 344 g/mol. The van der Waals surface area contributed by atoms with Crippen LogP contribution in [0.1, 0.15) is 37.3 Å². The molecule has 0 aromatic heterocycles. The molecule has 2 aliphatic rings. The van der Waals surface area contributed by atoms with E-state index in [1.807, 2.05) is 11.8 Å². The molecule has 0 radical (unpaired) electrons. The summed E-state index contributed by atoms with van der Waals surface area (Å²) in [7, 11) is 0. The van der Waals surface area contributed by atoms with Crippen molar-refractivity contribution in [1.82, 2.24) is 9.80 Å². The summed E-state index contributed by atoms with van der Waals surface area (Å²) >= 11 is 0. The molecule has 4 heteroatoms. The lowest BCUT2D eigenvalue weighted by molar-refractivity contribution is -0.139. The number of likely N-dealkylation sites (tertiary alicyclic amines) is 1. The highest BCUT2D eigenvalue weighted by Crippen LogP contribution is 2.22. The zero-order valence-corrected chi connectivity index (χ0v) is 15.7.